The van der Waals surface area contributed by atoms with Gasteiger partial charge in [-0.15, -0.1) is 0 Å². The van der Waals surface area contributed by atoms with Gasteiger partial charge in [-0.25, -0.2) is 0 Å². The average molecular weight is 497 g/mol. The molecule has 0 unspecified atom stereocenters. The van der Waals surface area contributed by atoms with Crippen molar-refractivity contribution in [2.45, 2.75) is 142 Å². The van der Waals surface area contributed by atoms with Gasteiger partial charge in [-0.1, -0.05) is 0 Å². The molecule has 0 saturated carbocycles. The van der Waals surface area contributed by atoms with E-state index in [1.165, 1.54) is 103 Å². The van der Waals surface area contributed by atoms with E-state index < -0.39 is 7.28 Å². The molecule has 0 heterocycles. The molecule has 4 heteroatoms. The van der Waals surface area contributed by atoms with Crippen LogP contribution in [-0.4, -0.2) is 22.1 Å². The van der Waals surface area contributed by atoms with E-state index in [-0.39, 0.29) is 0 Å². The molecule has 0 atom stereocenters. The summed E-state index contributed by atoms with van der Waals surface area (Å²) < 4.78 is 6.00. The summed E-state index contributed by atoms with van der Waals surface area (Å²) in [5.41, 5.74) is 0. The number of unbranched alkanes of at least 4 members (excludes halogenated alkanes) is 18. The normalized spacial score (nSPS) is 13.0. The predicted octanol–water partition coefficient (Wildman–Crippen LogP) is 10.2. The Morgan fingerprint density at radius 2 is 0.824 bits per heavy atom. The molecule has 0 aliphatic rings. The van der Waals surface area contributed by atoms with E-state index in [0.29, 0.717) is 18.1 Å². The van der Waals surface area contributed by atoms with Crippen LogP contribution in [-0.2, 0) is 0 Å². The van der Waals surface area contributed by atoms with E-state index in [1.807, 2.05) is 30.3 Å². The van der Waals surface area contributed by atoms with Gasteiger partial charge in [0.05, 0.1) is 0 Å². The first kappa shape index (κ1) is 31.4. The second kappa shape index (κ2) is 19.5. The van der Waals surface area contributed by atoms with Crippen LogP contribution in [0.1, 0.15) is 142 Å². The maximum absolute atomic E-state index is 11.4. The second-order valence-corrected chi connectivity index (χ2v) is 14.2. The van der Waals surface area contributed by atoms with E-state index in [4.69, 9.17) is 4.52 Å². The summed E-state index contributed by atoms with van der Waals surface area (Å²) in [4.78, 5) is 22.9. The van der Waals surface area contributed by atoms with Gasteiger partial charge in [-0.05, 0) is 0 Å². The molecular weight excluding hydrogens is 439 g/mol. The topological polar surface area (TPSA) is 49.7 Å². The quantitative estimate of drug-likeness (QED) is 0.110. The Morgan fingerprint density at radius 1 is 0.500 bits per heavy atom. The molecule has 0 amide bonds. The monoisotopic (exact) mass is 496 g/mol. The van der Waals surface area contributed by atoms with E-state index in [9.17, 15) is 9.79 Å². The first-order valence-electron chi connectivity index (χ1n) is 14.7. The SMILES string of the molecule is CCCCCCCCCCCCP(O)(O)(CCCCCCCCCCCC)Oc1ccccc1. The summed E-state index contributed by atoms with van der Waals surface area (Å²) in [6, 6.07) is 9.40. The van der Waals surface area contributed by atoms with Gasteiger partial charge in [0, 0.05) is 0 Å². The zero-order valence-corrected chi connectivity index (χ0v) is 23.6. The molecule has 0 aromatic heterocycles. The summed E-state index contributed by atoms with van der Waals surface area (Å²) in [6.07, 6.45) is 25.6. The fourth-order valence-electron chi connectivity index (χ4n) is 4.76. The molecule has 34 heavy (non-hydrogen) atoms. The van der Waals surface area contributed by atoms with Gasteiger partial charge in [-0.2, -0.15) is 0 Å². The minimum atomic E-state index is -4.16. The summed E-state index contributed by atoms with van der Waals surface area (Å²) in [6.45, 7) is 4.52. The maximum atomic E-state index is 11.4. The van der Waals surface area contributed by atoms with E-state index in [1.54, 1.807) is 0 Å². The molecule has 1 aromatic carbocycles. The molecule has 2 N–H and O–H groups in total. The fraction of sp³-hybridized carbons (Fsp3) is 0.800. The van der Waals surface area contributed by atoms with Crippen molar-refractivity contribution in [1.82, 2.24) is 0 Å². The minimum absolute atomic E-state index is 0.397. The molecule has 1 aromatic rings. The Kier molecular flexibility index (Phi) is 18.1. The van der Waals surface area contributed by atoms with Crippen molar-refractivity contribution in [1.29, 1.82) is 0 Å². The summed E-state index contributed by atoms with van der Waals surface area (Å²) in [7, 11) is -4.16. The van der Waals surface area contributed by atoms with Crippen LogP contribution in [0.3, 0.4) is 0 Å². The van der Waals surface area contributed by atoms with Gasteiger partial charge < -0.3 is 0 Å². The number of benzene rings is 1. The van der Waals surface area contributed by atoms with Gasteiger partial charge in [0.25, 0.3) is 0 Å². The van der Waals surface area contributed by atoms with Crippen LogP contribution in [0, 0.1) is 0 Å². The summed E-state index contributed by atoms with van der Waals surface area (Å²) in [5, 5.41) is 0. The zero-order valence-electron chi connectivity index (χ0n) is 22.7. The van der Waals surface area contributed by atoms with Crippen LogP contribution in [0.4, 0.5) is 0 Å². The van der Waals surface area contributed by atoms with Crippen molar-refractivity contribution in [3.8, 4) is 5.75 Å². The Hall–Kier alpha value is -0.630. The van der Waals surface area contributed by atoms with Crippen LogP contribution in [0.25, 0.3) is 0 Å². The molecule has 0 aliphatic heterocycles. The number of hydrogen-bond acceptors (Lipinski definition) is 3. The molecule has 200 valence electrons. The van der Waals surface area contributed by atoms with Crippen molar-refractivity contribution in [3.63, 3.8) is 0 Å². The molecule has 1 rings (SSSR count). The Labute approximate surface area is 212 Å². The number of hydrogen-bond donors (Lipinski definition) is 2. The van der Waals surface area contributed by atoms with Crippen LogP contribution < -0.4 is 4.52 Å². The standard InChI is InChI=1S/C30H57O3P/c1-3-5-7-9-11-13-15-17-19-24-28-34(31,32,33-30-26-22-21-23-27-30)29-25-20-18-16-14-12-10-8-6-4-2/h21-23,26-27,31-32H,3-20,24-25,28-29H2,1-2H3. The van der Waals surface area contributed by atoms with Crippen LogP contribution >= 0.6 is 7.28 Å². The van der Waals surface area contributed by atoms with Crippen molar-refractivity contribution >= 4 is 7.28 Å². The third-order valence-corrected chi connectivity index (χ3v) is 10.0. The van der Waals surface area contributed by atoms with Crippen LogP contribution in [0.2, 0.25) is 0 Å². The predicted molar refractivity (Wildman–Crippen MR) is 152 cm³/mol. The molecule has 0 saturated heterocycles. The third kappa shape index (κ3) is 16.9. The zero-order chi connectivity index (χ0) is 24.8. The molecule has 3 nitrogen and oxygen atoms in total. The molecule has 0 spiro atoms. The van der Waals surface area contributed by atoms with Gasteiger partial charge in [0.1, 0.15) is 0 Å². The van der Waals surface area contributed by atoms with Gasteiger partial charge in [0.15, 0.2) is 0 Å². The fourth-order valence-corrected chi connectivity index (χ4v) is 7.49. The van der Waals surface area contributed by atoms with Crippen molar-refractivity contribution in [2.75, 3.05) is 12.3 Å². The van der Waals surface area contributed by atoms with Gasteiger partial charge in [-0.3, -0.25) is 0 Å². The van der Waals surface area contributed by atoms with Crippen LogP contribution in [0.15, 0.2) is 30.3 Å². The van der Waals surface area contributed by atoms with Crippen molar-refractivity contribution in [2.24, 2.45) is 0 Å². The van der Waals surface area contributed by atoms with Crippen molar-refractivity contribution in [3.05, 3.63) is 30.3 Å². The third-order valence-electron chi connectivity index (χ3n) is 6.98. The van der Waals surface area contributed by atoms with E-state index in [2.05, 4.69) is 13.8 Å². The first-order chi connectivity index (χ1) is 16.5. The molecule has 0 bridgehead atoms. The Bertz CT molecular complexity index is 548. The summed E-state index contributed by atoms with van der Waals surface area (Å²) in [5.74, 6) is 0.587. The molecule has 0 aliphatic carbocycles. The molecule has 0 radical (unpaired) electrons. The second-order valence-electron chi connectivity index (χ2n) is 10.5. The van der Waals surface area contributed by atoms with E-state index >= 15 is 0 Å². The van der Waals surface area contributed by atoms with E-state index in [0.717, 1.165) is 25.7 Å². The Balaban J connectivity index is 2.33. The molecular formula is C30H57O3P. The Morgan fingerprint density at radius 3 is 1.18 bits per heavy atom. The average Bonchev–Trinajstić information content (AvgIpc) is 2.82. The number of rotatable bonds is 24. The van der Waals surface area contributed by atoms with Crippen molar-refractivity contribution < 1.29 is 14.3 Å². The van der Waals surface area contributed by atoms with Gasteiger partial charge in [0.2, 0.25) is 0 Å². The summed E-state index contributed by atoms with van der Waals surface area (Å²) >= 11 is 0. The number of para-hydroxylation sites is 1. The first-order valence-corrected chi connectivity index (χ1v) is 17.2. The van der Waals surface area contributed by atoms with Crippen LogP contribution in [0.5, 0.6) is 5.75 Å². The van der Waals surface area contributed by atoms with Gasteiger partial charge >= 0.3 is 212 Å². The molecule has 0 fully saturated rings.